The first kappa shape index (κ1) is 13.4. The molecule has 100 valence electrons. The molecule has 0 radical (unpaired) electrons. The standard InChI is InChI=1S/C13H20N2O2S/c1-10-5-3-6-11(2)13(10)15-18(16,17)12-7-4-8-14-9-12/h3,5-6,12,14-15H,4,7-9H2,1-2H3. The molecule has 1 aliphatic heterocycles. The van der Waals surface area contributed by atoms with Crippen LogP contribution in [0.1, 0.15) is 24.0 Å². The molecular weight excluding hydrogens is 248 g/mol. The molecule has 1 unspecified atom stereocenters. The van der Waals surface area contributed by atoms with Crippen molar-refractivity contribution in [3.63, 3.8) is 0 Å². The number of hydrogen-bond acceptors (Lipinski definition) is 3. The number of para-hydroxylation sites is 1. The van der Waals surface area contributed by atoms with E-state index in [0.29, 0.717) is 6.54 Å². The van der Waals surface area contributed by atoms with E-state index in [4.69, 9.17) is 0 Å². The molecule has 1 aliphatic rings. The number of nitrogens with one attached hydrogen (secondary N) is 2. The highest BCUT2D eigenvalue weighted by Crippen LogP contribution is 2.23. The molecule has 0 bridgehead atoms. The van der Waals surface area contributed by atoms with Crippen molar-refractivity contribution in [1.82, 2.24) is 5.32 Å². The highest BCUT2D eigenvalue weighted by atomic mass is 32.2. The molecule has 1 aromatic carbocycles. The smallest absolute Gasteiger partial charge is 0.236 e. The van der Waals surface area contributed by atoms with Gasteiger partial charge in [-0.15, -0.1) is 0 Å². The number of rotatable bonds is 3. The maximum absolute atomic E-state index is 12.3. The van der Waals surface area contributed by atoms with Gasteiger partial charge in [-0.3, -0.25) is 4.72 Å². The van der Waals surface area contributed by atoms with Gasteiger partial charge in [0.25, 0.3) is 0 Å². The molecule has 0 saturated carbocycles. The van der Waals surface area contributed by atoms with E-state index in [1.807, 2.05) is 32.0 Å². The largest absolute Gasteiger partial charge is 0.315 e. The van der Waals surface area contributed by atoms with Gasteiger partial charge in [0, 0.05) is 6.54 Å². The molecule has 18 heavy (non-hydrogen) atoms. The minimum Gasteiger partial charge on any atom is -0.315 e. The number of anilines is 1. The van der Waals surface area contributed by atoms with Gasteiger partial charge in [0.05, 0.1) is 10.9 Å². The third-order valence-corrected chi connectivity index (χ3v) is 5.18. The summed E-state index contributed by atoms with van der Waals surface area (Å²) in [5.74, 6) is 0. The van der Waals surface area contributed by atoms with Crippen molar-refractivity contribution in [3.05, 3.63) is 29.3 Å². The van der Waals surface area contributed by atoms with E-state index >= 15 is 0 Å². The molecule has 0 amide bonds. The lowest BCUT2D eigenvalue weighted by atomic mass is 10.1. The summed E-state index contributed by atoms with van der Waals surface area (Å²) in [7, 11) is -3.29. The average molecular weight is 268 g/mol. The Kier molecular flexibility index (Phi) is 3.92. The van der Waals surface area contributed by atoms with Gasteiger partial charge in [0.15, 0.2) is 0 Å². The van der Waals surface area contributed by atoms with Crippen molar-refractivity contribution < 1.29 is 8.42 Å². The fourth-order valence-electron chi connectivity index (χ4n) is 2.29. The Morgan fingerprint density at radius 2 is 1.94 bits per heavy atom. The predicted molar refractivity (Wildman–Crippen MR) is 74.4 cm³/mol. The molecule has 2 rings (SSSR count). The van der Waals surface area contributed by atoms with Gasteiger partial charge in [-0.1, -0.05) is 18.2 Å². The Hall–Kier alpha value is -1.07. The second kappa shape index (κ2) is 5.28. The minimum absolute atomic E-state index is 0.328. The van der Waals surface area contributed by atoms with Gasteiger partial charge in [-0.05, 0) is 44.4 Å². The lowest BCUT2D eigenvalue weighted by molar-refractivity contribution is 0.499. The fourth-order valence-corrected chi connectivity index (χ4v) is 3.87. The highest BCUT2D eigenvalue weighted by molar-refractivity contribution is 7.93. The van der Waals surface area contributed by atoms with Gasteiger partial charge < -0.3 is 5.32 Å². The summed E-state index contributed by atoms with van der Waals surface area (Å²) < 4.78 is 27.4. The first-order chi connectivity index (χ1) is 8.50. The van der Waals surface area contributed by atoms with E-state index < -0.39 is 10.0 Å². The van der Waals surface area contributed by atoms with Crippen LogP contribution in [-0.2, 0) is 10.0 Å². The lowest BCUT2D eigenvalue weighted by Crippen LogP contribution is -2.41. The van der Waals surface area contributed by atoms with Gasteiger partial charge in [-0.25, -0.2) is 8.42 Å². The predicted octanol–water partition coefficient (Wildman–Crippen LogP) is 1.80. The lowest BCUT2D eigenvalue weighted by Gasteiger charge is -2.24. The third kappa shape index (κ3) is 2.84. The molecule has 1 aromatic rings. The van der Waals surface area contributed by atoms with E-state index in [0.717, 1.165) is 36.2 Å². The number of sulfonamides is 1. The molecule has 5 heteroatoms. The van der Waals surface area contributed by atoms with Crippen molar-refractivity contribution in [2.45, 2.75) is 31.9 Å². The van der Waals surface area contributed by atoms with Crippen molar-refractivity contribution >= 4 is 15.7 Å². The summed E-state index contributed by atoms with van der Waals surface area (Å²) in [4.78, 5) is 0. The summed E-state index contributed by atoms with van der Waals surface area (Å²) in [5.41, 5.74) is 2.65. The topological polar surface area (TPSA) is 58.2 Å². The second-order valence-corrected chi connectivity index (χ2v) is 6.84. The molecule has 1 saturated heterocycles. The van der Waals surface area contributed by atoms with Crippen molar-refractivity contribution in [2.75, 3.05) is 17.8 Å². The molecule has 0 spiro atoms. The van der Waals surface area contributed by atoms with Crippen molar-refractivity contribution in [1.29, 1.82) is 0 Å². The van der Waals surface area contributed by atoms with Gasteiger partial charge in [-0.2, -0.15) is 0 Å². The Morgan fingerprint density at radius 1 is 1.28 bits per heavy atom. The molecule has 0 aromatic heterocycles. The molecule has 2 N–H and O–H groups in total. The Bertz CT molecular complexity index is 500. The molecule has 0 aliphatic carbocycles. The van der Waals surface area contributed by atoms with Crippen LogP contribution in [0, 0.1) is 13.8 Å². The first-order valence-corrected chi connectivity index (χ1v) is 7.84. The van der Waals surface area contributed by atoms with Crippen LogP contribution < -0.4 is 10.0 Å². The SMILES string of the molecule is Cc1cccc(C)c1NS(=O)(=O)C1CCCNC1. The average Bonchev–Trinajstić information content (AvgIpc) is 2.35. The summed E-state index contributed by atoms with van der Waals surface area (Å²) in [5, 5.41) is 2.81. The van der Waals surface area contributed by atoms with Crippen LogP contribution in [0.5, 0.6) is 0 Å². The summed E-state index contributed by atoms with van der Waals surface area (Å²) in [6.45, 7) is 5.30. The molecular formula is C13H20N2O2S. The van der Waals surface area contributed by atoms with Crippen LogP contribution in [0.4, 0.5) is 5.69 Å². The first-order valence-electron chi connectivity index (χ1n) is 6.29. The monoisotopic (exact) mass is 268 g/mol. The second-order valence-electron chi connectivity index (χ2n) is 4.88. The zero-order valence-electron chi connectivity index (χ0n) is 10.9. The summed E-state index contributed by atoms with van der Waals surface area (Å²) >= 11 is 0. The Labute approximate surface area is 109 Å². The van der Waals surface area contributed by atoms with E-state index in [9.17, 15) is 8.42 Å². The van der Waals surface area contributed by atoms with E-state index in [1.165, 1.54) is 0 Å². The molecule has 1 fully saturated rings. The number of aryl methyl sites for hydroxylation is 2. The van der Waals surface area contributed by atoms with Crippen LogP contribution in [0.15, 0.2) is 18.2 Å². The Balaban J connectivity index is 2.22. The number of benzene rings is 1. The third-order valence-electron chi connectivity index (χ3n) is 3.42. The zero-order chi connectivity index (χ0) is 13.2. The fraction of sp³-hybridized carbons (Fsp3) is 0.538. The normalized spacial score (nSPS) is 20.7. The van der Waals surface area contributed by atoms with Gasteiger partial charge >= 0.3 is 0 Å². The van der Waals surface area contributed by atoms with Crippen LogP contribution in [0.2, 0.25) is 0 Å². The number of hydrogen-bond donors (Lipinski definition) is 2. The molecule has 4 nitrogen and oxygen atoms in total. The summed E-state index contributed by atoms with van der Waals surface area (Å²) in [6, 6.07) is 5.78. The molecule has 1 atom stereocenters. The quantitative estimate of drug-likeness (QED) is 0.879. The zero-order valence-corrected chi connectivity index (χ0v) is 11.7. The molecule has 1 heterocycles. The van der Waals surface area contributed by atoms with Crippen molar-refractivity contribution in [3.8, 4) is 0 Å². The maximum Gasteiger partial charge on any atom is 0.236 e. The van der Waals surface area contributed by atoms with Crippen LogP contribution in [-0.4, -0.2) is 26.8 Å². The number of piperidine rings is 1. The maximum atomic E-state index is 12.3. The van der Waals surface area contributed by atoms with E-state index in [2.05, 4.69) is 10.0 Å². The summed E-state index contributed by atoms with van der Waals surface area (Å²) in [6.07, 6.45) is 1.64. The van der Waals surface area contributed by atoms with E-state index in [-0.39, 0.29) is 5.25 Å². The highest BCUT2D eigenvalue weighted by Gasteiger charge is 2.27. The van der Waals surface area contributed by atoms with Gasteiger partial charge in [0.1, 0.15) is 0 Å². The van der Waals surface area contributed by atoms with Crippen LogP contribution in [0.25, 0.3) is 0 Å². The van der Waals surface area contributed by atoms with Crippen molar-refractivity contribution in [2.24, 2.45) is 0 Å². The van der Waals surface area contributed by atoms with Gasteiger partial charge in [0.2, 0.25) is 10.0 Å². The van der Waals surface area contributed by atoms with Crippen LogP contribution in [0.3, 0.4) is 0 Å². The van der Waals surface area contributed by atoms with E-state index in [1.54, 1.807) is 0 Å². The minimum atomic E-state index is -3.29. The Morgan fingerprint density at radius 3 is 2.50 bits per heavy atom. The van der Waals surface area contributed by atoms with Crippen LogP contribution >= 0.6 is 0 Å².